The molecule has 0 atom stereocenters. The third kappa shape index (κ3) is 3.40. The van der Waals surface area contributed by atoms with E-state index in [0.29, 0.717) is 10.7 Å². The Hall–Kier alpha value is -3.59. The number of aromatic hydroxyl groups is 1. The van der Waals surface area contributed by atoms with Crippen molar-refractivity contribution >= 4 is 40.9 Å². The predicted molar refractivity (Wildman–Crippen MR) is 96.4 cm³/mol. The number of nitro benzene ring substituents is 1. The van der Waals surface area contributed by atoms with Crippen molar-refractivity contribution < 1.29 is 24.4 Å². The Morgan fingerprint density at radius 1 is 1.30 bits per heavy atom. The van der Waals surface area contributed by atoms with Crippen LogP contribution in [-0.2, 0) is 9.59 Å². The zero-order chi connectivity index (χ0) is 19.7. The normalized spacial score (nSPS) is 15.2. The fraction of sp³-hybridized carbons (Fsp3) is 0.0588. The summed E-state index contributed by atoms with van der Waals surface area (Å²) in [6, 6.07) is 8.34. The van der Waals surface area contributed by atoms with Gasteiger partial charge in [-0.2, -0.15) is 0 Å². The van der Waals surface area contributed by atoms with Crippen molar-refractivity contribution in [3.8, 4) is 11.5 Å². The fourth-order valence-corrected chi connectivity index (χ4v) is 2.68. The Kier molecular flexibility index (Phi) is 4.70. The molecule has 138 valence electrons. The molecule has 2 aromatic carbocycles. The van der Waals surface area contributed by atoms with E-state index in [4.69, 9.17) is 16.3 Å². The first kappa shape index (κ1) is 18.2. The molecule has 1 fully saturated rings. The van der Waals surface area contributed by atoms with E-state index in [1.165, 1.54) is 13.2 Å². The Bertz CT molecular complexity index is 1000. The summed E-state index contributed by atoms with van der Waals surface area (Å²) in [6.07, 6.45) is 1.06. The molecule has 0 radical (unpaired) electrons. The number of carbonyl (C=O) groups is 2. The highest BCUT2D eigenvalue weighted by atomic mass is 35.5. The number of hydrazine groups is 1. The molecule has 0 aliphatic carbocycles. The van der Waals surface area contributed by atoms with E-state index >= 15 is 0 Å². The van der Waals surface area contributed by atoms with Gasteiger partial charge in [0.1, 0.15) is 5.57 Å². The second-order valence-electron chi connectivity index (χ2n) is 5.46. The van der Waals surface area contributed by atoms with Crippen LogP contribution in [0.4, 0.5) is 11.4 Å². The summed E-state index contributed by atoms with van der Waals surface area (Å²) in [5, 5.41) is 22.6. The maximum absolute atomic E-state index is 12.6. The molecule has 10 heteroatoms. The number of ether oxygens (including phenoxy) is 1. The third-order valence-electron chi connectivity index (χ3n) is 3.78. The van der Waals surface area contributed by atoms with Crippen LogP contribution in [-0.4, -0.2) is 29.0 Å². The van der Waals surface area contributed by atoms with Crippen molar-refractivity contribution in [3.63, 3.8) is 0 Å². The molecule has 0 spiro atoms. The van der Waals surface area contributed by atoms with E-state index in [0.717, 1.165) is 23.2 Å². The second-order valence-corrected chi connectivity index (χ2v) is 5.90. The van der Waals surface area contributed by atoms with Gasteiger partial charge < -0.3 is 9.84 Å². The van der Waals surface area contributed by atoms with Crippen LogP contribution < -0.4 is 15.2 Å². The highest BCUT2D eigenvalue weighted by Crippen LogP contribution is 2.36. The number of methoxy groups -OCH3 is 1. The van der Waals surface area contributed by atoms with E-state index in [-0.39, 0.29) is 22.6 Å². The quantitative estimate of drug-likeness (QED) is 0.358. The van der Waals surface area contributed by atoms with Crippen molar-refractivity contribution in [2.45, 2.75) is 0 Å². The molecule has 2 aromatic rings. The monoisotopic (exact) mass is 389 g/mol. The molecule has 2 amide bonds. The van der Waals surface area contributed by atoms with Gasteiger partial charge >= 0.3 is 0 Å². The summed E-state index contributed by atoms with van der Waals surface area (Å²) < 4.78 is 4.90. The zero-order valence-electron chi connectivity index (χ0n) is 13.8. The maximum Gasteiger partial charge on any atom is 0.282 e. The number of hydrogen-bond acceptors (Lipinski definition) is 6. The Morgan fingerprint density at radius 3 is 2.67 bits per heavy atom. The predicted octanol–water partition coefficient (Wildman–Crippen LogP) is 2.42. The molecule has 0 aromatic heterocycles. The van der Waals surface area contributed by atoms with Gasteiger partial charge in [-0.15, -0.1) is 0 Å². The van der Waals surface area contributed by atoms with Crippen molar-refractivity contribution in [2.75, 3.05) is 12.1 Å². The van der Waals surface area contributed by atoms with Crippen molar-refractivity contribution in [1.82, 2.24) is 5.43 Å². The summed E-state index contributed by atoms with van der Waals surface area (Å²) in [6.45, 7) is 0. The van der Waals surface area contributed by atoms with Crippen LogP contribution in [0.1, 0.15) is 5.56 Å². The van der Waals surface area contributed by atoms with Gasteiger partial charge in [-0.1, -0.05) is 17.7 Å². The topological polar surface area (TPSA) is 122 Å². The van der Waals surface area contributed by atoms with E-state index in [2.05, 4.69) is 5.43 Å². The summed E-state index contributed by atoms with van der Waals surface area (Å²) in [4.78, 5) is 35.2. The first-order valence-corrected chi connectivity index (χ1v) is 7.87. The number of rotatable bonds is 4. The maximum atomic E-state index is 12.6. The number of nitrogens with zero attached hydrogens (tertiary/aromatic N) is 2. The number of phenolic OH excluding ortho intramolecular Hbond substituents is 1. The number of amides is 2. The average molecular weight is 390 g/mol. The SMILES string of the molecule is COc1cc([N+](=O)[O-])cc(C=C2C(=O)NN(c3cccc(Cl)c3)C2=O)c1O. The molecule has 0 saturated carbocycles. The third-order valence-corrected chi connectivity index (χ3v) is 4.01. The van der Waals surface area contributed by atoms with Crippen LogP contribution in [0.5, 0.6) is 11.5 Å². The molecule has 1 aliphatic heterocycles. The van der Waals surface area contributed by atoms with E-state index in [1.807, 2.05) is 0 Å². The van der Waals surface area contributed by atoms with Gasteiger partial charge in [-0.25, -0.2) is 5.01 Å². The minimum atomic E-state index is -0.732. The fourth-order valence-electron chi connectivity index (χ4n) is 2.50. The first-order valence-electron chi connectivity index (χ1n) is 7.50. The number of nitrogens with one attached hydrogen (secondary N) is 1. The molecule has 0 unspecified atom stereocenters. The average Bonchev–Trinajstić information content (AvgIpc) is 2.91. The number of phenols is 1. The molecule has 3 rings (SSSR count). The Labute approximate surface area is 157 Å². The lowest BCUT2D eigenvalue weighted by molar-refractivity contribution is -0.385. The molecule has 1 saturated heterocycles. The van der Waals surface area contributed by atoms with Gasteiger partial charge in [0.15, 0.2) is 11.5 Å². The van der Waals surface area contributed by atoms with Gasteiger partial charge in [0.05, 0.1) is 23.8 Å². The van der Waals surface area contributed by atoms with Crippen LogP contribution in [0, 0.1) is 10.1 Å². The molecule has 2 N–H and O–H groups in total. The zero-order valence-corrected chi connectivity index (χ0v) is 14.6. The number of benzene rings is 2. The van der Waals surface area contributed by atoms with E-state index in [9.17, 15) is 24.8 Å². The van der Waals surface area contributed by atoms with Gasteiger partial charge in [0, 0.05) is 16.7 Å². The molecular formula is C17H12ClN3O6. The molecule has 27 heavy (non-hydrogen) atoms. The Balaban J connectivity index is 2.05. The smallest absolute Gasteiger partial charge is 0.282 e. The van der Waals surface area contributed by atoms with Crippen LogP contribution in [0.2, 0.25) is 5.02 Å². The van der Waals surface area contributed by atoms with Crippen LogP contribution >= 0.6 is 11.6 Å². The second kappa shape index (κ2) is 6.96. The van der Waals surface area contributed by atoms with Crippen LogP contribution in [0.15, 0.2) is 42.0 Å². The van der Waals surface area contributed by atoms with Crippen molar-refractivity contribution in [3.05, 3.63) is 62.7 Å². The summed E-state index contributed by atoms with van der Waals surface area (Å²) >= 11 is 5.90. The number of anilines is 1. The molecular weight excluding hydrogens is 378 g/mol. The molecule has 9 nitrogen and oxygen atoms in total. The first-order chi connectivity index (χ1) is 12.8. The minimum absolute atomic E-state index is 0.104. The number of non-ortho nitro benzene ring substituents is 1. The highest BCUT2D eigenvalue weighted by Gasteiger charge is 2.35. The standard InChI is InChI=1S/C17H12ClN3O6/c1-27-14-8-12(21(25)26)5-9(15(14)22)6-13-16(23)19-20(17(13)24)11-4-2-3-10(18)7-11/h2-8,22H,1H3,(H,19,23). The lowest BCUT2D eigenvalue weighted by atomic mass is 10.1. The van der Waals surface area contributed by atoms with E-state index in [1.54, 1.807) is 18.2 Å². The molecule has 0 bridgehead atoms. The minimum Gasteiger partial charge on any atom is -0.504 e. The lowest BCUT2D eigenvalue weighted by Crippen LogP contribution is -2.35. The van der Waals surface area contributed by atoms with Crippen molar-refractivity contribution in [1.29, 1.82) is 0 Å². The van der Waals surface area contributed by atoms with E-state index < -0.39 is 22.5 Å². The number of carbonyl (C=O) groups excluding carboxylic acids is 2. The number of halogens is 1. The van der Waals surface area contributed by atoms with Crippen LogP contribution in [0.25, 0.3) is 6.08 Å². The van der Waals surface area contributed by atoms with Gasteiger partial charge in [0.25, 0.3) is 17.5 Å². The van der Waals surface area contributed by atoms with Crippen LogP contribution in [0.3, 0.4) is 0 Å². The number of hydrogen-bond donors (Lipinski definition) is 2. The largest absolute Gasteiger partial charge is 0.504 e. The summed E-state index contributed by atoms with van der Waals surface area (Å²) in [5.41, 5.74) is 1.93. The van der Waals surface area contributed by atoms with Crippen molar-refractivity contribution in [2.24, 2.45) is 0 Å². The van der Waals surface area contributed by atoms with Gasteiger partial charge in [-0.05, 0) is 24.3 Å². The lowest BCUT2D eigenvalue weighted by Gasteiger charge is -2.14. The summed E-state index contributed by atoms with van der Waals surface area (Å²) in [5.74, 6) is -2.03. The summed E-state index contributed by atoms with van der Waals surface area (Å²) in [7, 11) is 1.23. The molecule has 1 heterocycles. The van der Waals surface area contributed by atoms with Gasteiger partial charge in [0.2, 0.25) is 0 Å². The highest BCUT2D eigenvalue weighted by molar-refractivity contribution is 6.33. The molecule has 1 aliphatic rings. The van der Waals surface area contributed by atoms with Gasteiger partial charge in [-0.3, -0.25) is 25.1 Å². The Morgan fingerprint density at radius 2 is 2.04 bits per heavy atom. The number of nitro groups is 1.